The van der Waals surface area contributed by atoms with Crippen LogP contribution >= 0.6 is 27.3 Å². The lowest BCUT2D eigenvalue weighted by Gasteiger charge is -2.21. The lowest BCUT2D eigenvalue weighted by molar-refractivity contribution is 0.235. The van der Waals surface area contributed by atoms with Gasteiger partial charge in [-0.25, -0.2) is 8.42 Å². The summed E-state index contributed by atoms with van der Waals surface area (Å²) in [6, 6.07) is 7.70. The highest BCUT2D eigenvalue weighted by Crippen LogP contribution is 2.30. The van der Waals surface area contributed by atoms with E-state index in [4.69, 9.17) is 0 Å². The first-order valence-electron chi connectivity index (χ1n) is 5.87. The molecule has 0 spiro atoms. The maximum absolute atomic E-state index is 12.8. The van der Waals surface area contributed by atoms with E-state index in [-0.39, 0.29) is 10.6 Å². The number of rotatable bonds is 5. The Morgan fingerprint density at radius 3 is 2.57 bits per heavy atom. The van der Waals surface area contributed by atoms with E-state index >= 15 is 0 Å². The van der Waals surface area contributed by atoms with Crippen LogP contribution in [0.5, 0.6) is 0 Å². The van der Waals surface area contributed by atoms with Gasteiger partial charge in [-0.2, -0.15) is 8.78 Å². The van der Waals surface area contributed by atoms with Crippen LogP contribution < -0.4 is 4.90 Å². The van der Waals surface area contributed by atoms with Gasteiger partial charge in [-0.3, -0.25) is 0 Å². The Kier molecular flexibility index (Phi) is 5.00. The van der Waals surface area contributed by atoms with Crippen molar-refractivity contribution < 1.29 is 17.2 Å². The number of para-hydroxylation sites is 1. The van der Waals surface area contributed by atoms with Gasteiger partial charge in [0.05, 0.1) is 14.4 Å². The average Bonchev–Trinajstić information content (AvgIpc) is 2.83. The topological polar surface area (TPSA) is 37.4 Å². The van der Waals surface area contributed by atoms with E-state index in [1.807, 2.05) is 11.4 Å². The molecule has 0 fully saturated rings. The second-order valence-corrected chi connectivity index (χ2v) is 8.57. The van der Waals surface area contributed by atoms with Crippen LogP contribution in [0.25, 0.3) is 0 Å². The van der Waals surface area contributed by atoms with Crippen LogP contribution in [0.4, 0.5) is 14.5 Å². The van der Waals surface area contributed by atoms with Crippen molar-refractivity contribution in [3.8, 4) is 0 Å². The van der Waals surface area contributed by atoms with Crippen molar-refractivity contribution in [2.24, 2.45) is 0 Å². The summed E-state index contributed by atoms with van der Waals surface area (Å²) < 4.78 is 49.9. The zero-order valence-electron chi connectivity index (χ0n) is 11.0. The van der Waals surface area contributed by atoms with Crippen LogP contribution in [-0.4, -0.2) is 21.2 Å². The molecule has 8 heteroatoms. The Balaban J connectivity index is 2.36. The molecule has 0 unspecified atom stereocenters. The monoisotopic (exact) mass is 395 g/mol. The first-order valence-corrected chi connectivity index (χ1v) is 9.09. The number of sulfone groups is 1. The first-order chi connectivity index (χ1) is 9.82. The van der Waals surface area contributed by atoms with Crippen molar-refractivity contribution >= 4 is 42.8 Å². The number of hydrogen-bond donors (Lipinski definition) is 0. The molecule has 0 radical (unpaired) electrons. The number of benzene rings is 1. The smallest absolute Gasteiger partial charge is 0.341 e. The minimum atomic E-state index is -4.62. The van der Waals surface area contributed by atoms with E-state index in [9.17, 15) is 17.2 Å². The predicted molar refractivity (Wildman–Crippen MR) is 83.8 cm³/mol. The SMILES string of the molecule is CN(Cc1csc(Br)c1)c1ccccc1S(=O)(=O)C(F)F. The molecule has 114 valence electrons. The van der Waals surface area contributed by atoms with Crippen molar-refractivity contribution in [3.63, 3.8) is 0 Å². The molecule has 1 aromatic heterocycles. The van der Waals surface area contributed by atoms with Gasteiger partial charge in [0.25, 0.3) is 0 Å². The molecule has 1 heterocycles. The maximum Gasteiger partial charge on any atom is 0.341 e. The number of nitrogens with zero attached hydrogens (tertiary/aromatic N) is 1. The van der Waals surface area contributed by atoms with Gasteiger partial charge in [-0.05, 0) is 45.1 Å². The standard InChI is InChI=1S/C13H12BrF2NO2S2/c1-17(7-9-6-12(14)20-8-9)10-4-2-3-5-11(10)21(18,19)13(15)16/h2-6,8,13H,7H2,1H3. The van der Waals surface area contributed by atoms with E-state index in [2.05, 4.69) is 15.9 Å². The van der Waals surface area contributed by atoms with Gasteiger partial charge in [0.1, 0.15) is 0 Å². The van der Waals surface area contributed by atoms with Crippen LogP contribution in [-0.2, 0) is 16.4 Å². The minimum Gasteiger partial charge on any atom is -0.369 e. The van der Waals surface area contributed by atoms with Crippen LogP contribution in [0.3, 0.4) is 0 Å². The Morgan fingerprint density at radius 2 is 2.00 bits per heavy atom. The molecular formula is C13H12BrF2NO2S2. The molecule has 0 aliphatic carbocycles. The second-order valence-electron chi connectivity index (χ2n) is 4.39. The Bertz CT molecular complexity index is 731. The number of hydrogen-bond acceptors (Lipinski definition) is 4. The zero-order valence-corrected chi connectivity index (χ0v) is 14.2. The number of anilines is 1. The highest BCUT2D eigenvalue weighted by molar-refractivity contribution is 9.11. The lowest BCUT2D eigenvalue weighted by Crippen LogP contribution is -2.21. The molecule has 0 saturated carbocycles. The van der Waals surface area contributed by atoms with Gasteiger partial charge in [-0.15, -0.1) is 11.3 Å². The molecule has 0 amide bonds. The highest BCUT2D eigenvalue weighted by atomic mass is 79.9. The molecule has 1 aromatic carbocycles. The normalized spacial score (nSPS) is 11.9. The number of thiophene rings is 1. The third kappa shape index (κ3) is 3.61. The molecule has 0 aliphatic heterocycles. The molecular weight excluding hydrogens is 384 g/mol. The molecule has 3 nitrogen and oxygen atoms in total. The fourth-order valence-corrected chi connectivity index (χ4v) is 4.07. The number of halogens is 3. The van der Waals surface area contributed by atoms with Gasteiger partial charge in [0.2, 0.25) is 9.84 Å². The van der Waals surface area contributed by atoms with Gasteiger partial charge in [0, 0.05) is 13.6 Å². The van der Waals surface area contributed by atoms with Crippen molar-refractivity contribution in [2.45, 2.75) is 17.2 Å². The van der Waals surface area contributed by atoms with Crippen LogP contribution in [0.1, 0.15) is 5.56 Å². The lowest BCUT2D eigenvalue weighted by atomic mass is 10.2. The van der Waals surface area contributed by atoms with Crippen LogP contribution in [0, 0.1) is 0 Å². The average molecular weight is 396 g/mol. The molecule has 0 N–H and O–H groups in total. The highest BCUT2D eigenvalue weighted by Gasteiger charge is 2.29. The van der Waals surface area contributed by atoms with E-state index in [0.717, 1.165) is 9.35 Å². The summed E-state index contributed by atoms with van der Waals surface area (Å²) in [5.41, 5.74) is 1.23. The van der Waals surface area contributed by atoms with Crippen molar-refractivity contribution in [1.29, 1.82) is 0 Å². The molecule has 0 atom stereocenters. The quantitative estimate of drug-likeness (QED) is 0.762. The Morgan fingerprint density at radius 1 is 1.33 bits per heavy atom. The van der Waals surface area contributed by atoms with Gasteiger partial charge < -0.3 is 4.90 Å². The molecule has 0 saturated heterocycles. The van der Waals surface area contributed by atoms with Gasteiger partial charge in [-0.1, -0.05) is 12.1 Å². The summed E-state index contributed by atoms with van der Waals surface area (Å²) in [5.74, 6) is -3.43. The third-order valence-electron chi connectivity index (χ3n) is 2.86. The van der Waals surface area contributed by atoms with E-state index in [0.29, 0.717) is 6.54 Å². The maximum atomic E-state index is 12.8. The summed E-state index contributed by atoms with van der Waals surface area (Å²) in [4.78, 5) is 1.29. The minimum absolute atomic E-state index is 0.264. The van der Waals surface area contributed by atoms with Crippen molar-refractivity contribution in [1.82, 2.24) is 0 Å². The third-order valence-corrected chi connectivity index (χ3v) is 5.84. The van der Waals surface area contributed by atoms with Gasteiger partial charge >= 0.3 is 5.76 Å². The molecule has 21 heavy (non-hydrogen) atoms. The summed E-state index contributed by atoms with van der Waals surface area (Å²) >= 11 is 4.86. The fraction of sp³-hybridized carbons (Fsp3) is 0.231. The summed E-state index contributed by atoms with van der Waals surface area (Å²) in [6.45, 7) is 0.428. The van der Waals surface area contributed by atoms with E-state index in [1.54, 1.807) is 18.0 Å². The Labute approximate surface area is 134 Å². The molecule has 0 bridgehead atoms. The molecule has 2 aromatic rings. The summed E-state index contributed by atoms with van der Waals surface area (Å²) in [5, 5.41) is 1.92. The van der Waals surface area contributed by atoms with Crippen molar-refractivity contribution in [2.75, 3.05) is 11.9 Å². The summed E-state index contributed by atoms with van der Waals surface area (Å²) in [7, 11) is -2.95. The van der Waals surface area contributed by atoms with Crippen molar-refractivity contribution in [3.05, 3.63) is 45.1 Å². The molecule has 0 aliphatic rings. The first kappa shape index (κ1) is 16.4. The second kappa shape index (κ2) is 6.41. The van der Waals surface area contributed by atoms with E-state index < -0.39 is 15.6 Å². The summed E-state index contributed by atoms with van der Waals surface area (Å²) in [6.07, 6.45) is 0. The van der Waals surface area contributed by atoms with Crippen LogP contribution in [0.2, 0.25) is 0 Å². The Hall–Kier alpha value is -0.990. The van der Waals surface area contributed by atoms with Gasteiger partial charge in [0.15, 0.2) is 0 Å². The van der Waals surface area contributed by atoms with E-state index in [1.165, 1.54) is 29.5 Å². The number of alkyl halides is 2. The largest absolute Gasteiger partial charge is 0.369 e. The predicted octanol–water partition coefficient (Wildman–Crippen LogP) is 4.14. The fourth-order valence-electron chi connectivity index (χ4n) is 1.90. The van der Waals surface area contributed by atoms with Crippen LogP contribution in [0.15, 0.2) is 44.4 Å². The molecule has 2 rings (SSSR count). The zero-order chi connectivity index (χ0) is 15.6.